The molecule has 1 heterocycles. The van der Waals surface area contributed by atoms with E-state index in [2.05, 4.69) is 22.4 Å². The Labute approximate surface area is 108 Å². The van der Waals surface area contributed by atoms with Gasteiger partial charge in [0.1, 0.15) is 18.2 Å². The molecule has 1 aromatic rings. The fourth-order valence-corrected chi connectivity index (χ4v) is 1.75. The van der Waals surface area contributed by atoms with Crippen LogP contribution in [0.3, 0.4) is 0 Å². The molecule has 0 aliphatic rings. The molecule has 0 spiro atoms. The molecule has 0 fully saturated rings. The van der Waals surface area contributed by atoms with Gasteiger partial charge in [0.15, 0.2) is 0 Å². The van der Waals surface area contributed by atoms with Crippen molar-refractivity contribution >= 4 is 5.97 Å². The van der Waals surface area contributed by atoms with Crippen molar-refractivity contribution in [2.45, 2.75) is 38.6 Å². The zero-order valence-corrected chi connectivity index (χ0v) is 11.3. The molecule has 1 N–H and O–H groups in total. The predicted octanol–water partition coefficient (Wildman–Crippen LogP) is 0.679. The number of aryl methyl sites for hydroxylation is 1. The second kappa shape index (κ2) is 7.81. The van der Waals surface area contributed by atoms with Crippen LogP contribution in [0.1, 0.15) is 32.0 Å². The average Bonchev–Trinajstić information content (AvgIpc) is 2.78. The Morgan fingerprint density at radius 3 is 2.94 bits per heavy atom. The number of aromatic nitrogens is 3. The summed E-state index contributed by atoms with van der Waals surface area (Å²) in [5.74, 6) is 0.711. The molecule has 1 atom stereocenters. The Hall–Kier alpha value is -1.43. The topological polar surface area (TPSA) is 69.0 Å². The maximum absolute atomic E-state index is 11.6. The highest BCUT2D eigenvalue weighted by molar-refractivity contribution is 5.75. The molecular formula is C12H22N4O2. The van der Waals surface area contributed by atoms with Crippen molar-refractivity contribution in [1.82, 2.24) is 20.1 Å². The van der Waals surface area contributed by atoms with E-state index in [9.17, 15) is 4.79 Å². The first-order chi connectivity index (χ1) is 8.69. The van der Waals surface area contributed by atoms with Crippen molar-refractivity contribution in [2.24, 2.45) is 7.05 Å². The van der Waals surface area contributed by atoms with Gasteiger partial charge < -0.3 is 14.6 Å². The second-order valence-corrected chi connectivity index (χ2v) is 4.28. The van der Waals surface area contributed by atoms with Crippen LogP contribution < -0.4 is 5.32 Å². The van der Waals surface area contributed by atoms with Gasteiger partial charge in [0, 0.05) is 20.0 Å². The normalized spacial score (nSPS) is 12.4. The molecule has 0 saturated carbocycles. The summed E-state index contributed by atoms with van der Waals surface area (Å²) in [6.07, 6.45) is 5.30. The van der Waals surface area contributed by atoms with Crippen LogP contribution in [0, 0.1) is 0 Å². The monoisotopic (exact) mass is 254 g/mol. The van der Waals surface area contributed by atoms with E-state index >= 15 is 0 Å². The van der Waals surface area contributed by atoms with Gasteiger partial charge in [-0.25, -0.2) is 0 Å². The Morgan fingerprint density at radius 1 is 1.61 bits per heavy atom. The number of esters is 1. The SMILES string of the molecule is CCCCC(NCCc1nncn1C)C(=O)OC. The quantitative estimate of drug-likeness (QED) is 0.691. The summed E-state index contributed by atoms with van der Waals surface area (Å²) in [5, 5.41) is 11.0. The minimum absolute atomic E-state index is 0.193. The van der Waals surface area contributed by atoms with E-state index in [0.717, 1.165) is 31.5 Å². The smallest absolute Gasteiger partial charge is 0.322 e. The van der Waals surface area contributed by atoms with Gasteiger partial charge in [-0.15, -0.1) is 10.2 Å². The van der Waals surface area contributed by atoms with Crippen LogP contribution in [-0.2, 0) is 23.0 Å². The van der Waals surface area contributed by atoms with E-state index in [-0.39, 0.29) is 12.0 Å². The van der Waals surface area contributed by atoms with Crippen LogP contribution >= 0.6 is 0 Å². The van der Waals surface area contributed by atoms with Gasteiger partial charge in [0.05, 0.1) is 7.11 Å². The number of methoxy groups -OCH3 is 1. The molecular weight excluding hydrogens is 232 g/mol. The summed E-state index contributed by atoms with van der Waals surface area (Å²) >= 11 is 0. The third-order valence-corrected chi connectivity index (χ3v) is 2.88. The van der Waals surface area contributed by atoms with Crippen molar-refractivity contribution < 1.29 is 9.53 Å². The fourth-order valence-electron chi connectivity index (χ4n) is 1.75. The first-order valence-corrected chi connectivity index (χ1v) is 6.33. The van der Waals surface area contributed by atoms with Crippen LogP contribution in [0.4, 0.5) is 0 Å². The standard InChI is InChI=1S/C12H22N4O2/c1-4-5-6-10(12(17)18-3)13-8-7-11-15-14-9-16(11)2/h9-10,13H,4-8H2,1-3H3. The number of nitrogens with one attached hydrogen (secondary N) is 1. The molecule has 1 rings (SSSR count). The Morgan fingerprint density at radius 2 is 2.39 bits per heavy atom. The van der Waals surface area contributed by atoms with Crippen LogP contribution in [0.2, 0.25) is 0 Å². The zero-order chi connectivity index (χ0) is 13.4. The number of hydrogen-bond acceptors (Lipinski definition) is 5. The van der Waals surface area contributed by atoms with Crippen LogP contribution in [0.15, 0.2) is 6.33 Å². The second-order valence-electron chi connectivity index (χ2n) is 4.28. The molecule has 0 radical (unpaired) electrons. The lowest BCUT2D eigenvalue weighted by Crippen LogP contribution is -2.38. The predicted molar refractivity (Wildman–Crippen MR) is 68.0 cm³/mol. The molecule has 0 aliphatic carbocycles. The lowest BCUT2D eigenvalue weighted by atomic mass is 10.1. The van der Waals surface area contributed by atoms with Crippen LogP contribution in [0.25, 0.3) is 0 Å². The van der Waals surface area contributed by atoms with Gasteiger partial charge in [0.25, 0.3) is 0 Å². The minimum Gasteiger partial charge on any atom is -0.468 e. The third kappa shape index (κ3) is 4.44. The molecule has 0 bridgehead atoms. The maximum atomic E-state index is 11.6. The molecule has 6 nitrogen and oxygen atoms in total. The molecule has 0 amide bonds. The molecule has 18 heavy (non-hydrogen) atoms. The Bertz CT molecular complexity index is 365. The number of nitrogens with zero attached hydrogens (tertiary/aromatic N) is 3. The molecule has 6 heteroatoms. The van der Waals surface area contributed by atoms with E-state index in [1.807, 2.05) is 11.6 Å². The molecule has 0 aliphatic heterocycles. The van der Waals surface area contributed by atoms with E-state index in [0.29, 0.717) is 6.54 Å². The Balaban J connectivity index is 2.37. The van der Waals surface area contributed by atoms with Crippen LogP contribution in [-0.4, -0.2) is 40.4 Å². The highest BCUT2D eigenvalue weighted by Crippen LogP contribution is 2.03. The third-order valence-electron chi connectivity index (χ3n) is 2.88. The lowest BCUT2D eigenvalue weighted by molar-refractivity contribution is -0.143. The lowest BCUT2D eigenvalue weighted by Gasteiger charge is -2.15. The summed E-state index contributed by atoms with van der Waals surface area (Å²) in [4.78, 5) is 11.6. The first kappa shape index (κ1) is 14.6. The van der Waals surface area contributed by atoms with Crippen molar-refractivity contribution in [2.75, 3.05) is 13.7 Å². The average molecular weight is 254 g/mol. The summed E-state index contributed by atoms with van der Waals surface area (Å²) in [7, 11) is 3.33. The van der Waals surface area contributed by atoms with Crippen molar-refractivity contribution in [3.05, 3.63) is 12.2 Å². The van der Waals surface area contributed by atoms with Crippen molar-refractivity contribution in [3.8, 4) is 0 Å². The Kier molecular flexibility index (Phi) is 6.35. The van der Waals surface area contributed by atoms with E-state index < -0.39 is 0 Å². The summed E-state index contributed by atoms with van der Waals surface area (Å²) < 4.78 is 6.66. The summed E-state index contributed by atoms with van der Waals surface area (Å²) in [6, 6.07) is -0.219. The van der Waals surface area contributed by atoms with Gasteiger partial charge in [-0.3, -0.25) is 4.79 Å². The summed E-state index contributed by atoms with van der Waals surface area (Å²) in [5.41, 5.74) is 0. The van der Waals surface area contributed by atoms with Gasteiger partial charge in [-0.1, -0.05) is 19.8 Å². The molecule has 0 aromatic carbocycles. The van der Waals surface area contributed by atoms with Gasteiger partial charge >= 0.3 is 5.97 Å². The molecule has 1 aromatic heterocycles. The minimum atomic E-state index is -0.219. The number of unbranched alkanes of at least 4 members (excludes halogenated alkanes) is 1. The number of carbonyl (C=O) groups excluding carboxylic acids is 1. The van der Waals surface area contributed by atoms with E-state index in [1.165, 1.54) is 7.11 Å². The summed E-state index contributed by atoms with van der Waals surface area (Å²) in [6.45, 7) is 2.80. The van der Waals surface area contributed by atoms with Crippen molar-refractivity contribution in [1.29, 1.82) is 0 Å². The highest BCUT2D eigenvalue weighted by Gasteiger charge is 2.17. The molecule has 102 valence electrons. The number of carbonyl (C=O) groups is 1. The number of rotatable bonds is 8. The molecule has 1 unspecified atom stereocenters. The van der Waals surface area contributed by atoms with Gasteiger partial charge in [-0.05, 0) is 6.42 Å². The number of hydrogen-bond donors (Lipinski definition) is 1. The first-order valence-electron chi connectivity index (χ1n) is 6.33. The van der Waals surface area contributed by atoms with Crippen molar-refractivity contribution in [3.63, 3.8) is 0 Å². The van der Waals surface area contributed by atoms with E-state index in [1.54, 1.807) is 6.33 Å². The number of ether oxygens (including phenoxy) is 1. The van der Waals surface area contributed by atoms with Gasteiger partial charge in [-0.2, -0.15) is 0 Å². The van der Waals surface area contributed by atoms with Gasteiger partial charge in [0.2, 0.25) is 0 Å². The van der Waals surface area contributed by atoms with E-state index in [4.69, 9.17) is 4.74 Å². The fraction of sp³-hybridized carbons (Fsp3) is 0.750. The maximum Gasteiger partial charge on any atom is 0.322 e. The zero-order valence-electron chi connectivity index (χ0n) is 11.3. The largest absolute Gasteiger partial charge is 0.468 e. The highest BCUT2D eigenvalue weighted by atomic mass is 16.5. The molecule has 0 saturated heterocycles. The van der Waals surface area contributed by atoms with Crippen LogP contribution in [0.5, 0.6) is 0 Å².